The smallest absolute Gasteiger partial charge is 0.246 e. The molecule has 3 unspecified atom stereocenters. The molecule has 2 saturated carbocycles. The predicted octanol–water partition coefficient (Wildman–Crippen LogP) is 1.31. The van der Waals surface area contributed by atoms with Crippen LogP contribution in [0.3, 0.4) is 0 Å². The van der Waals surface area contributed by atoms with Crippen LogP contribution in [0.5, 0.6) is 0 Å². The van der Waals surface area contributed by atoms with Gasteiger partial charge in [-0.05, 0) is 62.9 Å². The Labute approximate surface area is 115 Å². The van der Waals surface area contributed by atoms with Crippen LogP contribution in [-0.2, 0) is 9.53 Å². The second-order valence-corrected chi connectivity index (χ2v) is 6.50. The summed E-state index contributed by atoms with van der Waals surface area (Å²) in [4.78, 5) is 11.8. The Bertz CT molecular complexity index is 315. The summed E-state index contributed by atoms with van der Waals surface area (Å²) in [6.45, 7) is 3.13. The van der Waals surface area contributed by atoms with Crippen molar-refractivity contribution in [2.24, 2.45) is 17.8 Å². The van der Waals surface area contributed by atoms with Crippen LogP contribution in [0.2, 0.25) is 0 Å². The normalized spacial score (nSPS) is 34.6. The van der Waals surface area contributed by atoms with E-state index in [1.165, 1.54) is 25.7 Å². The second kappa shape index (κ2) is 6.23. The summed E-state index contributed by atoms with van der Waals surface area (Å²) < 4.78 is 5.67. The van der Waals surface area contributed by atoms with Crippen LogP contribution < -0.4 is 10.6 Å². The Hall–Kier alpha value is -0.610. The lowest BCUT2D eigenvalue weighted by Gasteiger charge is -2.24. The lowest BCUT2D eigenvalue weighted by atomic mass is 9.89. The lowest BCUT2D eigenvalue weighted by molar-refractivity contribution is -0.128. The van der Waals surface area contributed by atoms with E-state index >= 15 is 0 Å². The topological polar surface area (TPSA) is 50.4 Å². The Morgan fingerprint density at radius 3 is 2.68 bits per heavy atom. The second-order valence-electron chi connectivity index (χ2n) is 6.50. The van der Waals surface area contributed by atoms with Crippen molar-refractivity contribution in [2.45, 2.75) is 44.6 Å². The van der Waals surface area contributed by atoms with E-state index in [0.29, 0.717) is 0 Å². The molecular weight excluding hydrogens is 240 g/mol. The third kappa shape index (κ3) is 3.48. The first-order valence-electron chi connectivity index (χ1n) is 7.90. The number of piperidine rings is 1. The Morgan fingerprint density at radius 2 is 2.00 bits per heavy atom. The molecule has 1 heterocycles. The molecule has 1 amide bonds. The minimum absolute atomic E-state index is 0.0707. The first-order valence-corrected chi connectivity index (χ1v) is 7.90. The molecule has 3 atom stereocenters. The van der Waals surface area contributed by atoms with Gasteiger partial charge >= 0.3 is 0 Å². The summed E-state index contributed by atoms with van der Waals surface area (Å²) in [5.41, 5.74) is 0. The number of hydrogen-bond acceptors (Lipinski definition) is 3. The monoisotopic (exact) mass is 266 g/mol. The van der Waals surface area contributed by atoms with Crippen molar-refractivity contribution in [2.75, 3.05) is 26.2 Å². The summed E-state index contributed by atoms with van der Waals surface area (Å²) in [6, 6.07) is 0. The first-order chi connectivity index (χ1) is 9.31. The van der Waals surface area contributed by atoms with E-state index in [-0.39, 0.29) is 18.6 Å². The van der Waals surface area contributed by atoms with Crippen molar-refractivity contribution in [3.05, 3.63) is 0 Å². The molecule has 0 aromatic heterocycles. The number of amides is 1. The number of carbonyl (C=O) groups excluding carboxylic acids is 1. The molecule has 108 valence electrons. The molecule has 0 radical (unpaired) electrons. The average Bonchev–Trinajstić information content (AvgIpc) is 3.06. The molecule has 19 heavy (non-hydrogen) atoms. The number of hydrogen-bond donors (Lipinski definition) is 2. The number of rotatable bonds is 5. The highest BCUT2D eigenvalue weighted by Crippen LogP contribution is 2.47. The van der Waals surface area contributed by atoms with E-state index in [2.05, 4.69) is 10.6 Å². The highest BCUT2D eigenvalue weighted by Gasteiger charge is 2.39. The third-order valence-electron chi connectivity index (χ3n) is 5.18. The van der Waals surface area contributed by atoms with Crippen molar-refractivity contribution in [3.8, 4) is 0 Å². The van der Waals surface area contributed by atoms with Crippen molar-refractivity contribution < 1.29 is 9.53 Å². The molecule has 4 nitrogen and oxygen atoms in total. The fourth-order valence-corrected chi connectivity index (χ4v) is 4.08. The minimum Gasteiger partial charge on any atom is -0.368 e. The van der Waals surface area contributed by atoms with Gasteiger partial charge in [-0.3, -0.25) is 4.79 Å². The lowest BCUT2D eigenvalue weighted by Crippen LogP contribution is -2.37. The maximum atomic E-state index is 11.8. The average molecular weight is 266 g/mol. The van der Waals surface area contributed by atoms with E-state index in [1.807, 2.05) is 0 Å². The van der Waals surface area contributed by atoms with Gasteiger partial charge in [0.2, 0.25) is 5.91 Å². The minimum atomic E-state index is 0.0707. The van der Waals surface area contributed by atoms with Gasteiger partial charge in [-0.15, -0.1) is 0 Å². The van der Waals surface area contributed by atoms with E-state index in [9.17, 15) is 4.79 Å². The standard InChI is InChI=1S/C15H26N2O2/c18-15(10-19-14-3-5-16-6-4-14)17-9-13-8-11-1-2-12(13)7-11/h11-14,16H,1-10H2,(H,17,18). The molecule has 3 rings (SSSR count). The van der Waals surface area contributed by atoms with Crippen molar-refractivity contribution in [1.29, 1.82) is 0 Å². The van der Waals surface area contributed by atoms with Crippen LogP contribution in [0.25, 0.3) is 0 Å². The maximum Gasteiger partial charge on any atom is 0.246 e. The SMILES string of the molecule is O=C(COC1CCNCC1)NCC1CC2CCC1C2. The molecule has 4 heteroatoms. The highest BCUT2D eigenvalue weighted by molar-refractivity contribution is 5.77. The first kappa shape index (κ1) is 13.4. The van der Waals surface area contributed by atoms with Gasteiger partial charge in [-0.2, -0.15) is 0 Å². The zero-order valence-corrected chi connectivity index (χ0v) is 11.7. The van der Waals surface area contributed by atoms with Gasteiger partial charge in [0.05, 0.1) is 6.10 Å². The van der Waals surface area contributed by atoms with E-state index in [0.717, 1.165) is 50.2 Å². The zero-order chi connectivity index (χ0) is 13.1. The van der Waals surface area contributed by atoms with Crippen LogP contribution in [0, 0.1) is 17.8 Å². The van der Waals surface area contributed by atoms with E-state index < -0.39 is 0 Å². The molecule has 0 aromatic carbocycles. The van der Waals surface area contributed by atoms with Gasteiger partial charge in [-0.25, -0.2) is 0 Å². The molecular formula is C15H26N2O2. The van der Waals surface area contributed by atoms with E-state index in [4.69, 9.17) is 4.74 Å². The fraction of sp³-hybridized carbons (Fsp3) is 0.933. The van der Waals surface area contributed by atoms with Gasteiger partial charge in [-0.1, -0.05) is 6.42 Å². The number of carbonyl (C=O) groups is 1. The molecule has 2 aliphatic carbocycles. The predicted molar refractivity (Wildman–Crippen MR) is 73.8 cm³/mol. The van der Waals surface area contributed by atoms with Crippen molar-refractivity contribution in [3.63, 3.8) is 0 Å². The molecule has 1 saturated heterocycles. The molecule has 3 aliphatic rings. The number of fused-ring (bicyclic) bond motifs is 2. The van der Waals surface area contributed by atoms with Crippen molar-refractivity contribution >= 4 is 5.91 Å². The Morgan fingerprint density at radius 1 is 1.16 bits per heavy atom. The maximum absolute atomic E-state index is 11.8. The zero-order valence-electron chi connectivity index (χ0n) is 11.7. The van der Waals surface area contributed by atoms with Crippen LogP contribution in [-0.4, -0.2) is 38.3 Å². The molecule has 3 fully saturated rings. The molecule has 0 aromatic rings. The summed E-state index contributed by atoms with van der Waals surface area (Å²) in [5.74, 6) is 2.65. The Kier molecular flexibility index (Phi) is 4.38. The molecule has 2 N–H and O–H groups in total. The van der Waals surface area contributed by atoms with Gasteiger partial charge < -0.3 is 15.4 Å². The third-order valence-corrected chi connectivity index (χ3v) is 5.18. The van der Waals surface area contributed by atoms with Crippen LogP contribution in [0.4, 0.5) is 0 Å². The molecule has 0 spiro atoms. The summed E-state index contributed by atoms with van der Waals surface area (Å²) in [7, 11) is 0. The fourth-order valence-electron chi connectivity index (χ4n) is 4.08. The van der Waals surface area contributed by atoms with Crippen LogP contribution in [0.15, 0.2) is 0 Å². The summed E-state index contributed by atoms with van der Waals surface area (Å²) in [6.07, 6.45) is 7.88. The quantitative estimate of drug-likeness (QED) is 0.789. The summed E-state index contributed by atoms with van der Waals surface area (Å²) >= 11 is 0. The number of nitrogens with one attached hydrogen (secondary N) is 2. The van der Waals surface area contributed by atoms with E-state index in [1.54, 1.807) is 0 Å². The van der Waals surface area contributed by atoms with Crippen LogP contribution >= 0.6 is 0 Å². The van der Waals surface area contributed by atoms with Gasteiger partial charge in [0, 0.05) is 6.54 Å². The highest BCUT2D eigenvalue weighted by atomic mass is 16.5. The number of ether oxygens (including phenoxy) is 1. The van der Waals surface area contributed by atoms with Crippen LogP contribution in [0.1, 0.15) is 38.5 Å². The van der Waals surface area contributed by atoms with Crippen molar-refractivity contribution in [1.82, 2.24) is 10.6 Å². The Balaban J connectivity index is 1.30. The van der Waals surface area contributed by atoms with Gasteiger partial charge in [0.1, 0.15) is 6.61 Å². The summed E-state index contributed by atoms with van der Waals surface area (Å²) in [5, 5.41) is 6.37. The molecule has 2 bridgehead atoms. The van der Waals surface area contributed by atoms with Gasteiger partial charge in [0.25, 0.3) is 0 Å². The molecule has 1 aliphatic heterocycles. The van der Waals surface area contributed by atoms with Gasteiger partial charge in [0.15, 0.2) is 0 Å². The largest absolute Gasteiger partial charge is 0.368 e.